The van der Waals surface area contributed by atoms with Crippen LogP contribution in [0, 0.1) is 0 Å². The third-order valence-electron chi connectivity index (χ3n) is 2.43. The zero-order valence-electron chi connectivity index (χ0n) is 10.2. The minimum atomic E-state index is -1.25. The van der Waals surface area contributed by atoms with E-state index in [0.29, 0.717) is 5.75 Å². The largest absolute Gasteiger partial charge is 0.507 e. The van der Waals surface area contributed by atoms with Crippen LogP contribution in [0.4, 0.5) is 10.5 Å². The van der Waals surface area contributed by atoms with E-state index in [0.717, 1.165) is 6.07 Å². The normalized spacial score (nSPS) is 9.80. The van der Waals surface area contributed by atoms with E-state index in [1.54, 1.807) is 30.3 Å². The number of nitrogens with one attached hydrogen (secondary N) is 1. The molecule has 0 saturated carbocycles. The molecule has 0 saturated heterocycles. The fraction of sp³-hybridized carbons (Fsp3) is 0. The Morgan fingerprint density at radius 3 is 2.35 bits per heavy atom. The highest BCUT2D eigenvalue weighted by molar-refractivity contribution is 5.93. The average molecular weight is 273 g/mol. The van der Waals surface area contributed by atoms with Crippen molar-refractivity contribution in [1.29, 1.82) is 0 Å². The summed E-state index contributed by atoms with van der Waals surface area (Å²) in [6, 6.07) is 12.1. The third-order valence-corrected chi connectivity index (χ3v) is 2.43. The predicted octanol–water partition coefficient (Wildman–Crippen LogP) is 2.70. The van der Waals surface area contributed by atoms with Gasteiger partial charge < -0.3 is 14.9 Å². The summed E-state index contributed by atoms with van der Waals surface area (Å²) in [5.74, 6) is -1.31. The number of hydrogen-bond acceptors (Lipinski definition) is 4. The molecule has 0 fully saturated rings. The Bertz CT molecular complexity index is 639. The predicted molar refractivity (Wildman–Crippen MR) is 71.2 cm³/mol. The molecule has 3 N–H and O–H groups in total. The van der Waals surface area contributed by atoms with Crippen molar-refractivity contribution in [3.63, 3.8) is 0 Å². The smallest absolute Gasteiger partial charge is 0.417 e. The van der Waals surface area contributed by atoms with E-state index < -0.39 is 17.8 Å². The summed E-state index contributed by atoms with van der Waals surface area (Å²) in [5.41, 5.74) is -0.0135. The Morgan fingerprint density at radius 2 is 1.75 bits per heavy atom. The van der Waals surface area contributed by atoms with Gasteiger partial charge in [0.1, 0.15) is 17.1 Å². The third kappa shape index (κ3) is 3.26. The second kappa shape index (κ2) is 5.75. The number of benzene rings is 2. The Kier molecular flexibility index (Phi) is 3.85. The lowest BCUT2D eigenvalue weighted by atomic mass is 10.2. The molecule has 0 spiro atoms. The lowest BCUT2D eigenvalue weighted by Crippen LogP contribution is -2.16. The Labute approximate surface area is 114 Å². The van der Waals surface area contributed by atoms with Crippen LogP contribution in [0.15, 0.2) is 48.5 Å². The maximum Gasteiger partial charge on any atom is 0.417 e. The van der Waals surface area contributed by atoms with Gasteiger partial charge in [0.2, 0.25) is 0 Å². The van der Waals surface area contributed by atoms with Gasteiger partial charge in [0.15, 0.2) is 0 Å². The number of ether oxygens (including phenoxy) is 1. The number of carbonyl (C=O) groups excluding carboxylic acids is 1. The number of para-hydroxylation sites is 1. The Hall–Kier alpha value is -3.02. The first-order valence-electron chi connectivity index (χ1n) is 5.66. The summed E-state index contributed by atoms with van der Waals surface area (Å²) in [6.07, 6.45) is -0.737. The molecule has 6 heteroatoms. The van der Waals surface area contributed by atoms with Crippen LogP contribution in [0.3, 0.4) is 0 Å². The molecule has 102 valence electrons. The zero-order chi connectivity index (χ0) is 14.5. The fourth-order valence-electron chi connectivity index (χ4n) is 1.53. The maximum atomic E-state index is 11.6. The van der Waals surface area contributed by atoms with Crippen molar-refractivity contribution >= 4 is 17.7 Å². The minimum absolute atomic E-state index is 0.230. The number of phenols is 1. The summed E-state index contributed by atoms with van der Waals surface area (Å²) in [7, 11) is 0. The highest BCUT2D eigenvalue weighted by Gasteiger charge is 2.11. The van der Waals surface area contributed by atoms with Gasteiger partial charge in [-0.05, 0) is 24.3 Å². The minimum Gasteiger partial charge on any atom is -0.507 e. The van der Waals surface area contributed by atoms with Crippen molar-refractivity contribution in [3.8, 4) is 11.5 Å². The van der Waals surface area contributed by atoms with Crippen molar-refractivity contribution in [2.45, 2.75) is 0 Å². The highest BCUT2D eigenvalue weighted by Crippen LogP contribution is 2.22. The molecule has 1 amide bonds. The van der Waals surface area contributed by atoms with Crippen LogP contribution in [0.2, 0.25) is 0 Å². The van der Waals surface area contributed by atoms with E-state index in [1.807, 2.05) is 0 Å². The van der Waals surface area contributed by atoms with Crippen LogP contribution in [-0.2, 0) is 0 Å². The van der Waals surface area contributed by atoms with Gasteiger partial charge in [-0.25, -0.2) is 9.59 Å². The molecule has 0 aliphatic rings. The first-order chi connectivity index (χ1) is 9.56. The SMILES string of the molecule is O=C(Nc1ccc(C(=O)O)c(O)c1)Oc1ccccc1. The summed E-state index contributed by atoms with van der Waals surface area (Å²) in [4.78, 5) is 22.3. The molecule has 0 heterocycles. The van der Waals surface area contributed by atoms with Gasteiger partial charge in [0.25, 0.3) is 0 Å². The number of carbonyl (C=O) groups is 2. The van der Waals surface area contributed by atoms with Crippen molar-refractivity contribution < 1.29 is 24.5 Å². The van der Waals surface area contributed by atoms with E-state index in [4.69, 9.17) is 9.84 Å². The van der Waals surface area contributed by atoms with Gasteiger partial charge in [-0.1, -0.05) is 18.2 Å². The van der Waals surface area contributed by atoms with Crippen LogP contribution in [0.25, 0.3) is 0 Å². The monoisotopic (exact) mass is 273 g/mol. The van der Waals surface area contributed by atoms with Crippen LogP contribution >= 0.6 is 0 Å². The molecule has 20 heavy (non-hydrogen) atoms. The topological polar surface area (TPSA) is 95.9 Å². The first kappa shape index (κ1) is 13.4. The molecule has 0 atom stereocenters. The molecule has 0 bridgehead atoms. The number of aromatic carboxylic acids is 1. The second-order valence-corrected chi connectivity index (χ2v) is 3.86. The van der Waals surface area contributed by atoms with E-state index in [9.17, 15) is 14.7 Å². The molecule has 0 aromatic heterocycles. The average Bonchev–Trinajstić information content (AvgIpc) is 2.39. The fourth-order valence-corrected chi connectivity index (χ4v) is 1.53. The van der Waals surface area contributed by atoms with Gasteiger partial charge >= 0.3 is 12.1 Å². The van der Waals surface area contributed by atoms with E-state index >= 15 is 0 Å². The van der Waals surface area contributed by atoms with Crippen molar-refractivity contribution in [2.75, 3.05) is 5.32 Å². The molecule has 0 unspecified atom stereocenters. The Morgan fingerprint density at radius 1 is 1.05 bits per heavy atom. The molecule has 2 rings (SSSR count). The zero-order valence-corrected chi connectivity index (χ0v) is 10.2. The van der Waals surface area contributed by atoms with E-state index in [-0.39, 0.29) is 11.3 Å². The summed E-state index contributed by atoms with van der Waals surface area (Å²) in [6.45, 7) is 0. The number of hydrogen-bond donors (Lipinski definition) is 3. The van der Waals surface area contributed by atoms with Gasteiger partial charge in [-0.2, -0.15) is 0 Å². The van der Waals surface area contributed by atoms with Crippen molar-refractivity contribution in [3.05, 3.63) is 54.1 Å². The van der Waals surface area contributed by atoms with E-state index in [1.165, 1.54) is 12.1 Å². The Balaban J connectivity index is 2.05. The molecule has 0 aliphatic carbocycles. The van der Waals surface area contributed by atoms with Crippen LogP contribution in [0.5, 0.6) is 11.5 Å². The first-order valence-corrected chi connectivity index (χ1v) is 5.66. The van der Waals surface area contributed by atoms with E-state index in [2.05, 4.69) is 5.32 Å². The van der Waals surface area contributed by atoms with Gasteiger partial charge in [-0.3, -0.25) is 5.32 Å². The van der Waals surface area contributed by atoms with Crippen LogP contribution < -0.4 is 10.1 Å². The molecule has 2 aromatic rings. The lowest BCUT2D eigenvalue weighted by Gasteiger charge is -2.07. The molecule has 0 radical (unpaired) electrons. The van der Waals surface area contributed by atoms with Crippen molar-refractivity contribution in [2.24, 2.45) is 0 Å². The molecule has 0 aliphatic heterocycles. The van der Waals surface area contributed by atoms with Gasteiger partial charge in [0.05, 0.1) is 0 Å². The van der Waals surface area contributed by atoms with Crippen LogP contribution in [-0.4, -0.2) is 22.3 Å². The number of carboxylic acids is 1. The maximum absolute atomic E-state index is 11.6. The standard InChI is InChI=1S/C14H11NO5/c16-12-8-9(6-7-11(12)13(17)18)15-14(19)20-10-4-2-1-3-5-10/h1-8,16H,(H,15,19)(H,17,18). The second-order valence-electron chi connectivity index (χ2n) is 3.86. The number of anilines is 1. The summed E-state index contributed by atoms with van der Waals surface area (Å²) in [5, 5.41) is 20.6. The lowest BCUT2D eigenvalue weighted by molar-refractivity contribution is 0.0693. The van der Waals surface area contributed by atoms with Crippen molar-refractivity contribution in [1.82, 2.24) is 0 Å². The number of aromatic hydroxyl groups is 1. The number of amides is 1. The molecule has 2 aromatic carbocycles. The van der Waals surface area contributed by atoms with Gasteiger partial charge in [0, 0.05) is 11.8 Å². The van der Waals surface area contributed by atoms with Gasteiger partial charge in [-0.15, -0.1) is 0 Å². The molecular formula is C14H11NO5. The molecular weight excluding hydrogens is 262 g/mol. The summed E-state index contributed by atoms with van der Waals surface area (Å²) >= 11 is 0. The number of carboxylic acid groups (broad SMARTS) is 1. The summed E-state index contributed by atoms with van der Waals surface area (Å²) < 4.78 is 4.99. The highest BCUT2D eigenvalue weighted by atomic mass is 16.6. The number of rotatable bonds is 3. The van der Waals surface area contributed by atoms with Crippen LogP contribution in [0.1, 0.15) is 10.4 Å². The molecule has 6 nitrogen and oxygen atoms in total. The quantitative estimate of drug-likeness (QED) is 0.799.